The minimum atomic E-state index is -3.18. The zero-order chi connectivity index (χ0) is 15.9. The molecule has 2 aromatic rings. The van der Waals surface area contributed by atoms with Crippen molar-refractivity contribution in [3.05, 3.63) is 16.8 Å². The van der Waals surface area contributed by atoms with Gasteiger partial charge in [-0.2, -0.15) is 0 Å². The molecule has 0 bridgehead atoms. The van der Waals surface area contributed by atoms with Gasteiger partial charge in [-0.3, -0.25) is 0 Å². The van der Waals surface area contributed by atoms with Crippen molar-refractivity contribution in [2.75, 3.05) is 24.2 Å². The third kappa shape index (κ3) is 3.09. The summed E-state index contributed by atoms with van der Waals surface area (Å²) in [5, 5.41) is 1.10. The van der Waals surface area contributed by atoms with E-state index in [9.17, 15) is 8.42 Å². The summed E-state index contributed by atoms with van der Waals surface area (Å²) >= 11 is 1.68. The molecule has 0 spiro atoms. The molecule has 8 heteroatoms. The predicted octanol–water partition coefficient (Wildman–Crippen LogP) is 1.83. The molecule has 2 aromatic heterocycles. The fraction of sp³-hybridized carbons (Fsp3) is 0.571. The average Bonchev–Trinajstić information content (AvgIpc) is 2.73. The van der Waals surface area contributed by atoms with Crippen LogP contribution in [0.3, 0.4) is 0 Å². The van der Waals surface area contributed by atoms with Gasteiger partial charge in [0, 0.05) is 24.0 Å². The summed E-state index contributed by atoms with van der Waals surface area (Å²) in [6.45, 7) is 5.72. The highest BCUT2D eigenvalue weighted by atomic mass is 32.2. The zero-order valence-corrected chi connectivity index (χ0v) is 14.6. The van der Waals surface area contributed by atoms with Crippen molar-refractivity contribution in [3.8, 4) is 0 Å². The van der Waals surface area contributed by atoms with E-state index in [1.807, 2.05) is 0 Å². The van der Waals surface area contributed by atoms with E-state index in [0.717, 1.165) is 35.4 Å². The molecule has 3 rings (SSSR count). The van der Waals surface area contributed by atoms with Crippen LogP contribution in [0.15, 0.2) is 6.33 Å². The number of nitrogens with zero attached hydrogens (tertiary/aromatic N) is 3. The van der Waals surface area contributed by atoms with Gasteiger partial charge in [0.1, 0.15) is 17.0 Å². The molecule has 1 aliphatic heterocycles. The first-order chi connectivity index (χ1) is 10.3. The fourth-order valence-electron chi connectivity index (χ4n) is 2.97. The minimum Gasteiger partial charge on any atom is -0.354 e. The molecular weight excluding hydrogens is 320 g/mol. The number of thiophene rings is 1. The first-order valence-corrected chi connectivity index (χ1v) is 9.99. The number of anilines is 1. The lowest BCUT2D eigenvalue weighted by Crippen LogP contribution is -2.47. The number of fused-ring (bicyclic) bond motifs is 1. The van der Waals surface area contributed by atoms with Gasteiger partial charge in [0.05, 0.1) is 11.6 Å². The molecule has 0 amide bonds. The molecule has 1 aliphatic rings. The number of sulfonamides is 1. The molecule has 1 saturated heterocycles. The second-order valence-electron chi connectivity index (χ2n) is 5.84. The summed E-state index contributed by atoms with van der Waals surface area (Å²) < 4.78 is 25.6. The molecule has 0 aliphatic carbocycles. The fourth-order valence-corrected chi connectivity index (χ4v) is 4.76. The Balaban J connectivity index is 1.94. The Morgan fingerprint density at radius 2 is 2.14 bits per heavy atom. The van der Waals surface area contributed by atoms with Crippen molar-refractivity contribution >= 4 is 37.4 Å². The average molecular weight is 340 g/mol. The highest BCUT2D eigenvalue weighted by molar-refractivity contribution is 7.88. The number of nitrogens with one attached hydrogen (secondary N) is 1. The molecule has 3 heterocycles. The molecule has 0 saturated carbocycles. The molecular formula is C14H20N4O2S2. The Morgan fingerprint density at radius 1 is 1.36 bits per heavy atom. The maximum Gasteiger partial charge on any atom is 0.209 e. The topological polar surface area (TPSA) is 75.2 Å². The Labute approximate surface area is 134 Å². The predicted molar refractivity (Wildman–Crippen MR) is 90.1 cm³/mol. The van der Waals surface area contributed by atoms with Crippen LogP contribution < -0.4 is 9.62 Å². The van der Waals surface area contributed by atoms with E-state index in [-0.39, 0.29) is 6.04 Å². The number of piperidine rings is 1. The third-order valence-corrected chi connectivity index (χ3v) is 5.92. The molecule has 1 atom stereocenters. The van der Waals surface area contributed by atoms with Gasteiger partial charge in [-0.25, -0.2) is 23.1 Å². The summed E-state index contributed by atoms with van der Waals surface area (Å²) in [7, 11) is -3.18. The Bertz CT molecular complexity index is 801. The van der Waals surface area contributed by atoms with E-state index in [0.29, 0.717) is 6.54 Å². The maximum atomic E-state index is 11.5. The minimum absolute atomic E-state index is 0.0613. The molecule has 0 radical (unpaired) electrons. The Hall–Kier alpha value is -1.25. The number of aromatic nitrogens is 2. The van der Waals surface area contributed by atoms with Crippen molar-refractivity contribution < 1.29 is 8.42 Å². The van der Waals surface area contributed by atoms with Gasteiger partial charge in [-0.05, 0) is 32.3 Å². The lowest BCUT2D eigenvalue weighted by atomic mass is 10.1. The second kappa shape index (κ2) is 5.75. The van der Waals surface area contributed by atoms with Gasteiger partial charge >= 0.3 is 0 Å². The summed E-state index contributed by atoms with van der Waals surface area (Å²) in [6, 6.07) is -0.0613. The summed E-state index contributed by atoms with van der Waals surface area (Å²) in [5.74, 6) is 0.923. The van der Waals surface area contributed by atoms with E-state index in [1.165, 1.54) is 16.7 Å². The normalized spacial score (nSPS) is 19.8. The molecule has 1 N–H and O–H groups in total. The van der Waals surface area contributed by atoms with Gasteiger partial charge in [0.15, 0.2) is 0 Å². The van der Waals surface area contributed by atoms with Crippen LogP contribution in [0.5, 0.6) is 0 Å². The van der Waals surface area contributed by atoms with E-state index < -0.39 is 10.0 Å². The first kappa shape index (κ1) is 15.6. The largest absolute Gasteiger partial charge is 0.354 e. The van der Waals surface area contributed by atoms with E-state index >= 15 is 0 Å². The van der Waals surface area contributed by atoms with Crippen LogP contribution >= 0.6 is 11.3 Å². The first-order valence-electron chi connectivity index (χ1n) is 7.28. The zero-order valence-electron chi connectivity index (χ0n) is 13.0. The van der Waals surface area contributed by atoms with Crippen LogP contribution in [0.4, 0.5) is 5.82 Å². The van der Waals surface area contributed by atoms with E-state index in [2.05, 4.69) is 33.4 Å². The van der Waals surface area contributed by atoms with Crippen LogP contribution in [-0.4, -0.2) is 43.8 Å². The second-order valence-corrected chi connectivity index (χ2v) is 8.82. The van der Waals surface area contributed by atoms with Crippen LogP contribution in [0.2, 0.25) is 0 Å². The summed E-state index contributed by atoms with van der Waals surface area (Å²) in [5.41, 5.74) is 1.22. The van der Waals surface area contributed by atoms with Crippen LogP contribution in [0, 0.1) is 13.8 Å². The number of hydrogen-bond acceptors (Lipinski definition) is 6. The maximum absolute atomic E-state index is 11.5. The monoisotopic (exact) mass is 340 g/mol. The van der Waals surface area contributed by atoms with Crippen LogP contribution in [0.25, 0.3) is 10.2 Å². The van der Waals surface area contributed by atoms with E-state index in [1.54, 1.807) is 17.7 Å². The van der Waals surface area contributed by atoms with Crippen molar-refractivity contribution in [3.63, 3.8) is 0 Å². The summed E-state index contributed by atoms with van der Waals surface area (Å²) in [6.07, 6.45) is 4.61. The molecule has 6 nitrogen and oxygen atoms in total. The SMILES string of the molecule is Cc1sc2ncnc(N3CCCC(NS(C)(=O)=O)C3)c2c1C. The van der Waals surface area contributed by atoms with Gasteiger partial charge in [-0.1, -0.05) is 0 Å². The highest BCUT2D eigenvalue weighted by Gasteiger charge is 2.25. The molecule has 1 fully saturated rings. The van der Waals surface area contributed by atoms with Gasteiger partial charge in [0.25, 0.3) is 0 Å². The van der Waals surface area contributed by atoms with Crippen LogP contribution in [-0.2, 0) is 10.0 Å². The van der Waals surface area contributed by atoms with Gasteiger partial charge in [0.2, 0.25) is 10.0 Å². The molecule has 1 unspecified atom stereocenters. The number of hydrogen-bond donors (Lipinski definition) is 1. The molecule has 22 heavy (non-hydrogen) atoms. The Morgan fingerprint density at radius 3 is 2.86 bits per heavy atom. The van der Waals surface area contributed by atoms with Gasteiger partial charge in [-0.15, -0.1) is 11.3 Å². The van der Waals surface area contributed by atoms with E-state index in [4.69, 9.17) is 0 Å². The quantitative estimate of drug-likeness (QED) is 0.922. The van der Waals surface area contributed by atoms with Crippen molar-refractivity contribution in [2.45, 2.75) is 32.7 Å². The van der Waals surface area contributed by atoms with Gasteiger partial charge < -0.3 is 4.90 Å². The molecule has 120 valence electrons. The lowest BCUT2D eigenvalue weighted by Gasteiger charge is -2.33. The molecule has 0 aromatic carbocycles. The standard InChI is InChI=1S/C14H20N4O2S2/c1-9-10(2)21-14-12(9)13(15-8-16-14)18-6-4-5-11(7-18)17-22(3,19)20/h8,11,17H,4-7H2,1-3H3. The third-order valence-electron chi connectivity index (χ3n) is 4.05. The van der Waals surface area contributed by atoms with Crippen molar-refractivity contribution in [2.24, 2.45) is 0 Å². The van der Waals surface area contributed by atoms with Crippen LogP contribution in [0.1, 0.15) is 23.3 Å². The van der Waals surface area contributed by atoms with Crippen molar-refractivity contribution in [1.29, 1.82) is 0 Å². The highest BCUT2D eigenvalue weighted by Crippen LogP contribution is 2.35. The number of aryl methyl sites for hydroxylation is 2. The number of rotatable bonds is 3. The van der Waals surface area contributed by atoms with Crippen molar-refractivity contribution in [1.82, 2.24) is 14.7 Å². The lowest BCUT2D eigenvalue weighted by molar-refractivity contribution is 0.466. The summed E-state index contributed by atoms with van der Waals surface area (Å²) in [4.78, 5) is 13.3. The Kier molecular flexibility index (Phi) is 4.09. The smallest absolute Gasteiger partial charge is 0.209 e.